The molecule has 1 saturated carbocycles. The molecule has 0 aromatic carbocycles. The third-order valence-corrected chi connectivity index (χ3v) is 6.12. The first-order valence-corrected chi connectivity index (χ1v) is 7.25. The summed E-state index contributed by atoms with van der Waals surface area (Å²) in [4.78, 5) is 0. The van der Waals surface area contributed by atoms with E-state index in [2.05, 4.69) is 13.0 Å². The van der Waals surface area contributed by atoms with Crippen molar-refractivity contribution >= 4 is 7.14 Å². The van der Waals surface area contributed by atoms with Gasteiger partial charge in [-0.1, -0.05) is 18.6 Å². The normalized spacial score (nSPS) is 47.0. The third-order valence-electron chi connectivity index (χ3n) is 3.35. The number of allylic oxidation sites excluding steroid dienone is 2. The van der Waals surface area contributed by atoms with Crippen LogP contribution in [0.15, 0.2) is 11.6 Å². The average Bonchev–Trinajstić information content (AvgIpc) is 2.28. The Kier molecular flexibility index (Phi) is 1.95. The largest absolute Gasteiger partial charge is 0.323 e. The number of hydrogen-bond acceptors (Lipinski definition) is 1. The van der Waals surface area contributed by atoms with E-state index in [0.717, 1.165) is 12.1 Å². The smallest absolute Gasteiger partial charge is 0.0951 e. The van der Waals surface area contributed by atoms with Crippen LogP contribution in [0.2, 0.25) is 0 Å². The predicted molar refractivity (Wildman–Crippen MR) is 53.3 cm³/mol. The fourth-order valence-electron chi connectivity index (χ4n) is 2.47. The standard InChI is InChI=1S/C10H17OP/c1-8-3-4-9-5-6-12(2,11)10(9)7-8/h5,8,10H,3-4,6-7H2,1-2H3/t8-,10+,12-/m1/s1. The molecule has 2 heteroatoms. The number of hydrogen-bond donors (Lipinski definition) is 0. The summed E-state index contributed by atoms with van der Waals surface area (Å²) in [6, 6.07) is 0. The molecule has 0 bridgehead atoms. The highest BCUT2D eigenvalue weighted by Gasteiger charge is 2.38. The van der Waals surface area contributed by atoms with Crippen LogP contribution < -0.4 is 0 Å². The zero-order chi connectivity index (χ0) is 8.77. The molecule has 2 aliphatic rings. The van der Waals surface area contributed by atoms with Gasteiger partial charge < -0.3 is 4.57 Å². The topological polar surface area (TPSA) is 17.1 Å². The molecule has 1 aliphatic heterocycles. The summed E-state index contributed by atoms with van der Waals surface area (Å²) < 4.78 is 12.1. The fourth-order valence-corrected chi connectivity index (χ4v) is 5.06. The molecule has 1 heterocycles. The summed E-state index contributed by atoms with van der Waals surface area (Å²) in [5.41, 5.74) is 1.99. The molecule has 1 nitrogen and oxygen atoms in total. The molecule has 3 atom stereocenters. The van der Waals surface area contributed by atoms with Gasteiger partial charge in [0, 0.05) is 11.8 Å². The lowest BCUT2D eigenvalue weighted by Crippen LogP contribution is -2.18. The van der Waals surface area contributed by atoms with Gasteiger partial charge in [-0.15, -0.1) is 0 Å². The van der Waals surface area contributed by atoms with Crippen molar-refractivity contribution < 1.29 is 4.57 Å². The minimum absolute atomic E-state index is 0.473. The minimum atomic E-state index is -1.80. The van der Waals surface area contributed by atoms with Crippen molar-refractivity contribution in [2.75, 3.05) is 12.8 Å². The van der Waals surface area contributed by atoms with E-state index in [1.165, 1.54) is 24.8 Å². The Hall–Kier alpha value is -0.0300. The van der Waals surface area contributed by atoms with Gasteiger partial charge in [-0.25, -0.2) is 0 Å². The Labute approximate surface area is 74.6 Å². The van der Waals surface area contributed by atoms with Crippen LogP contribution in [0.25, 0.3) is 0 Å². The van der Waals surface area contributed by atoms with Gasteiger partial charge in [0.15, 0.2) is 0 Å². The SMILES string of the molecule is C[C@@H]1CCC2=CC[P@@](C)(=O)[C@H]2C1. The van der Waals surface area contributed by atoms with Crippen LogP contribution in [0.3, 0.4) is 0 Å². The van der Waals surface area contributed by atoms with Crippen LogP contribution in [0, 0.1) is 5.92 Å². The lowest BCUT2D eigenvalue weighted by atomic mass is 9.87. The summed E-state index contributed by atoms with van der Waals surface area (Å²) in [5.74, 6) is 0.790. The van der Waals surface area contributed by atoms with Crippen molar-refractivity contribution in [1.29, 1.82) is 0 Å². The summed E-state index contributed by atoms with van der Waals surface area (Å²) >= 11 is 0. The highest BCUT2D eigenvalue weighted by Crippen LogP contribution is 2.59. The van der Waals surface area contributed by atoms with Crippen molar-refractivity contribution in [2.45, 2.75) is 31.8 Å². The van der Waals surface area contributed by atoms with Crippen LogP contribution in [0.4, 0.5) is 0 Å². The molecule has 1 fully saturated rings. The third kappa shape index (κ3) is 1.29. The zero-order valence-corrected chi connectivity index (χ0v) is 8.81. The van der Waals surface area contributed by atoms with Gasteiger partial charge in [0.05, 0.1) is 7.14 Å². The van der Waals surface area contributed by atoms with Crippen LogP contribution >= 0.6 is 7.14 Å². The lowest BCUT2D eigenvalue weighted by Gasteiger charge is -2.29. The van der Waals surface area contributed by atoms with Crippen LogP contribution in [-0.4, -0.2) is 18.5 Å². The molecule has 1 aliphatic carbocycles. The van der Waals surface area contributed by atoms with Gasteiger partial charge in [0.2, 0.25) is 0 Å². The van der Waals surface area contributed by atoms with Crippen molar-refractivity contribution in [3.8, 4) is 0 Å². The maximum atomic E-state index is 12.1. The number of fused-ring (bicyclic) bond motifs is 1. The maximum absolute atomic E-state index is 12.1. The lowest BCUT2D eigenvalue weighted by molar-refractivity contribution is 0.442. The average molecular weight is 184 g/mol. The predicted octanol–water partition coefficient (Wildman–Crippen LogP) is 3.11. The van der Waals surface area contributed by atoms with Crippen LogP contribution in [0.5, 0.6) is 0 Å². The highest BCUT2D eigenvalue weighted by atomic mass is 31.2. The maximum Gasteiger partial charge on any atom is 0.0951 e. The summed E-state index contributed by atoms with van der Waals surface area (Å²) in [5, 5.41) is 0. The van der Waals surface area contributed by atoms with Crippen LogP contribution in [-0.2, 0) is 4.57 Å². The molecule has 0 radical (unpaired) electrons. The molecular weight excluding hydrogens is 167 g/mol. The fraction of sp³-hybridized carbons (Fsp3) is 0.800. The van der Waals surface area contributed by atoms with Gasteiger partial charge >= 0.3 is 0 Å². The van der Waals surface area contributed by atoms with E-state index in [-0.39, 0.29) is 0 Å². The molecule has 0 amide bonds. The Balaban J connectivity index is 2.22. The quantitative estimate of drug-likeness (QED) is 0.417. The molecule has 0 saturated heterocycles. The van der Waals surface area contributed by atoms with E-state index >= 15 is 0 Å². The first-order valence-electron chi connectivity index (χ1n) is 4.85. The number of rotatable bonds is 0. The Morgan fingerprint density at radius 3 is 3.08 bits per heavy atom. The molecule has 0 aromatic heterocycles. The van der Waals surface area contributed by atoms with Gasteiger partial charge in [-0.05, 0) is 31.8 Å². The van der Waals surface area contributed by atoms with Crippen molar-refractivity contribution in [3.63, 3.8) is 0 Å². The van der Waals surface area contributed by atoms with Crippen molar-refractivity contribution in [2.24, 2.45) is 5.92 Å². The van der Waals surface area contributed by atoms with E-state index in [0.29, 0.717) is 5.66 Å². The Bertz CT molecular complexity index is 267. The second-order valence-electron chi connectivity index (χ2n) is 4.53. The van der Waals surface area contributed by atoms with E-state index in [1.54, 1.807) is 0 Å². The molecule has 0 aromatic rings. The molecule has 0 N–H and O–H groups in total. The Morgan fingerprint density at radius 2 is 2.33 bits per heavy atom. The van der Waals surface area contributed by atoms with Crippen molar-refractivity contribution in [1.82, 2.24) is 0 Å². The molecule has 0 spiro atoms. The van der Waals surface area contributed by atoms with E-state index in [4.69, 9.17) is 0 Å². The molecule has 12 heavy (non-hydrogen) atoms. The molecular formula is C10H17OP. The second kappa shape index (κ2) is 2.73. The minimum Gasteiger partial charge on any atom is -0.323 e. The first kappa shape index (κ1) is 8.56. The first-order chi connectivity index (χ1) is 5.59. The molecule has 68 valence electrons. The summed E-state index contributed by atoms with van der Waals surface area (Å²) in [6.07, 6.45) is 6.82. The zero-order valence-electron chi connectivity index (χ0n) is 7.92. The monoisotopic (exact) mass is 184 g/mol. The van der Waals surface area contributed by atoms with Gasteiger partial charge in [0.25, 0.3) is 0 Å². The summed E-state index contributed by atoms with van der Waals surface area (Å²) in [6.45, 7) is 4.27. The van der Waals surface area contributed by atoms with E-state index in [9.17, 15) is 4.57 Å². The van der Waals surface area contributed by atoms with Gasteiger partial charge in [-0.2, -0.15) is 0 Å². The Morgan fingerprint density at radius 1 is 1.58 bits per heavy atom. The van der Waals surface area contributed by atoms with E-state index in [1.807, 2.05) is 6.66 Å². The molecule has 0 unspecified atom stereocenters. The van der Waals surface area contributed by atoms with Gasteiger partial charge in [0.1, 0.15) is 0 Å². The van der Waals surface area contributed by atoms with E-state index < -0.39 is 7.14 Å². The summed E-state index contributed by atoms with van der Waals surface area (Å²) in [7, 11) is -1.80. The van der Waals surface area contributed by atoms with Crippen molar-refractivity contribution in [3.05, 3.63) is 11.6 Å². The second-order valence-corrected chi connectivity index (χ2v) is 7.87. The van der Waals surface area contributed by atoms with Crippen LogP contribution in [0.1, 0.15) is 26.2 Å². The highest BCUT2D eigenvalue weighted by molar-refractivity contribution is 7.64. The molecule has 2 rings (SSSR count). The van der Waals surface area contributed by atoms with Gasteiger partial charge in [-0.3, -0.25) is 0 Å².